The van der Waals surface area contributed by atoms with Crippen LogP contribution in [0.15, 0.2) is 30.3 Å². The lowest BCUT2D eigenvalue weighted by Gasteiger charge is -2.19. The lowest BCUT2D eigenvalue weighted by molar-refractivity contribution is -0.121. The Bertz CT molecular complexity index is 530. The molecule has 0 bridgehead atoms. The first-order chi connectivity index (χ1) is 15.3. The fraction of sp³-hybridized carbons (Fsp3) is 0.708. The van der Waals surface area contributed by atoms with Gasteiger partial charge >= 0.3 is 0 Å². The van der Waals surface area contributed by atoms with Gasteiger partial charge in [-0.2, -0.15) is 0 Å². The van der Waals surface area contributed by atoms with E-state index in [0.717, 1.165) is 57.3 Å². The summed E-state index contributed by atoms with van der Waals surface area (Å²) in [5, 5.41) is 6.12. The molecule has 1 aromatic carbocycles. The molecule has 0 heterocycles. The minimum atomic E-state index is -0.139. The third-order valence-corrected chi connectivity index (χ3v) is 4.77. The van der Waals surface area contributed by atoms with Crippen molar-refractivity contribution in [2.24, 2.45) is 0 Å². The summed E-state index contributed by atoms with van der Waals surface area (Å²) in [4.78, 5) is 12.2. The molecule has 0 fully saturated rings. The second-order valence-corrected chi connectivity index (χ2v) is 7.57. The molecule has 7 heteroatoms. The van der Waals surface area contributed by atoms with E-state index in [9.17, 15) is 4.79 Å². The van der Waals surface area contributed by atoms with Gasteiger partial charge in [0, 0.05) is 53.7 Å². The maximum Gasteiger partial charge on any atom is 0.234 e. The van der Waals surface area contributed by atoms with Crippen molar-refractivity contribution in [1.29, 1.82) is 0 Å². The maximum absolute atomic E-state index is 12.2. The number of ether oxygens (including phenoxy) is 4. The molecule has 0 radical (unpaired) electrons. The Morgan fingerprint density at radius 1 is 0.871 bits per heavy atom. The number of carbonyl (C=O) groups excluding carboxylic acids is 1. The van der Waals surface area contributed by atoms with Gasteiger partial charge in [0.1, 0.15) is 0 Å². The standard InChI is InChI=1S/C24H42N2O5/c1-28-14-8-4-10-16-30-21-23(31-17-11-5-9-15-29-2)19-26-24(27)20-25-18-22-12-6-3-7-13-22/h3,6-7,12-13,23,25H,4-5,8-11,14-21H2,1-2H3,(H,26,27). The molecule has 178 valence electrons. The fourth-order valence-electron chi connectivity index (χ4n) is 2.99. The first-order valence-corrected chi connectivity index (χ1v) is 11.4. The van der Waals surface area contributed by atoms with E-state index in [1.54, 1.807) is 14.2 Å². The molecular weight excluding hydrogens is 396 g/mol. The second-order valence-electron chi connectivity index (χ2n) is 7.57. The summed E-state index contributed by atoms with van der Waals surface area (Å²) in [6.07, 6.45) is 6.07. The largest absolute Gasteiger partial charge is 0.385 e. The first kappa shape index (κ1) is 27.5. The van der Waals surface area contributed by atoms with Crippen molar-refractivity contribution in [3.63, 3.8) is 0 Å². The number of rotatable bonds is 21. The predicted molar refractivity (Wildman–Crippen MR) is 123 cm³/mol. The van der Waals surface area contributed by atoms with Crippen LogP contribution < -0.4 is 10.6 Å². The van der Waals surface area contributed by atoms with Gasteiger partial charge in [-0.25, -0.2) is 0 Å². The lowest BCUT2D eigenvalue weighted by Crippen LogP contribution is -2.40. The fourth-order valence-corrected chi connectivity index (χ4v) is 2.99. The number of amides is 1. The van der Waals surface area contributed by atoms with Crippen LogP contribution >= 0.6 is 0 Å². The monoisotopic (exact) mass is 438 g/mol. The van der Waals surface area contributed by atoms with Gasteiger partial charge in [-0.15, -0.1) is 0 Å². The van der Waals surface area contributed by atoms with Crippen LogP contribution in [0.3, 0.4) is 0 Å². The molecule has 0 aliphatic heterocycles. The Morgan fingerprint density at radius 2 is 1.52 bits per heavy atom. The number of hydrogen-bond donors (Lipinski definition) is 2. The number of benzene rings is 1. The van der Waals surface area contributed by atoms with Crippen LogP contribution in [-0.4, -0.2) is 72.4 Å². The van der Waals surface area contributed by atoms with E-state index in [1.165, 1.54) is 0 Å². The topological polar surface area (TPSA) is 78.1 Å². The van der Waals surface area contributed by atoms with E-state index in [4.69, 9.17) is 18.9 Å². The van der Waals surface area contributed by atoms with E-state index in [1.807, 2.05) is 30.3 Å². The molecular formula is C24H42N2O5. The van der Waals surface area contributed by atoms with Gasteiger partial charge in [-0.05, 0) is 44.1 Å². The molecule has 0 aliphatic carbocycles. The van der Waals surface area contributed by atoms with Gasteiger partial charge in [-0.1, -0.05) is 30.3 Å². The first-order valence-electron chi connectivity index (χ1n) is 11.4. The van der Waals surface area contributed by atoms with Crippen molar-refractivity contribution >= 4 is 5.91 Å². The Labute approximate surface area is 188 Å². The molecule has 31 heavy (non-hydrogen) atoms. The highest BCUT2D eigenvalue weighted by Crippen LogP contribution is 2.02. The summed E-state index contributed by atoms with van der Waals surface area (Å²) < 4.78 is 21.9. The molecule has 1 aromatic rings. The minimum Gasteiger partial charge on any atom is -0.385 e. The van der Waals surface area contributed by atoms with Crippen LogP contribution in [0.25, 0.3) is 0 Å². The molecule has 0 spiro atoms. The van der Waals surface area contributed by atoms with E-state index < -0.39 is 0 Å². The van der Waals surface area contributed by atoms with Gasteiger partial charge in [-0.3, -0.25) is 4.79 Å². The molecule has 1 amide bonds. The van der Waals surface area contributed by atoms with Crippen molar-refractivity contribution in [2.75, 3.05) is 60.3 Å². The van der Waals surface area contributed by atoms with Crippen LogP contribution in [0.5, 0.6) is 0 Å². The summed E-state index contributed by atoms with van der Waals surface area (Å²) >= 11 is 0. The third-order valence-electron chi connectivity index (χ3n) is 4.77. The van der Waals surface area contributed by atoms with Crippen LogP contribution in [0.4, 0.5) is 0 Å². The number of unbranched alkanes of at least 4 members (excludes halogenated alkanes) is 4. The summed E-state index contributed by atoms with van der Waals surface area (Å²) in [7, 11) is 3.44. The Hall–Kier alpha value is -1.51. The van der Waals surface area contributed by atoms with Crippen molar-refractivity contribution in [3.05, 3.63) is 35.9 Å². The Balaban J connectivity index is 2.22. The van der Waals surface area contributed by atoms with Gasteiger partial charge in [0.05, 0.1) is 19.3 Å². The summed E-state index contributed by atoms with van der Waals surface area (Å²) in [6, 6.07) is 10.0. The van der Waals surface area contributed by atoms with Crippen molar-refractivity contribution in [2.45, 2.75) is 51.2 Å². The Kier molecular flexibility index (Phi) is 18.1. The average Bonchev–Trinajstić information content (AvgIpc) is 2.79. The highest BCUT2D eigenvalue weighted by molar-refractivity contribution is 5.77. The maximum atomic E-state index is 12.2. The zero-order chi connectivity index (χ0) is 22.4. The summed E-state index contributed by atoms with van der Waals surface area (Å²) in [5.41, 5.74) is 1.16. The molecule has 0 saturated heterocycles. The van der Waals surface area contributed by atoms with Crippen LogP contribution in [-0.2, 0) is 30.3 Å². The molecule has 1 unspecified atom stereocenters. The predicted octanol–water partition coefficient (Wildman–Crippen LogP) is 2.93. The zero-order valence-corrected chi connectivity index (χ0v) is 19.4. The van der Waals surface area contributed by atoms with E-state index in [-0.39, 0.29) is 18.6 Å². The van der Waals surface area contributed by atoms with Crippen molar-refractivity contribution in [3.8, 4) is 0 Å². The van der Waals surface area contributed by atoms with Crippen molar-refractivity contribution in [1.82, 2.24) is 10.6 Å². The van der Waals surface area contributed by atoms with Gasteiger partial charge < -0.3 is 29.6 Å². The number of methoxy groups -OCH3 is 2. The van der Waals surface area contributed by atoms with Crippen LogP contribution in [0.2, 0.25) is 0 Å². The lowest BCUT2D eigenvalue weighted by atomic mass is 10.2. The molecule has 2 N–H and O–H groups in total. The number of carbonyl (C=O) groups is 1. The van der Waals surface area contributed by atoms with E-state index >= 15 is 0 Å². The molecule has 1 atom stereocenters. The third kappa shape index (κ3) is 16.8. The molecule has 0 saturated carbocycles. The van der Waals surface area contributed by atoms with Crippen LogP contribution in [0.1, 0.15) is 44.1 Å². The molecule has 0 aromatic heterocycles. The minimum absolute atomic E-state index is 0.0378. The van der Waals surface area contributed by atoms with Gasteiger partial charge in [0.25, 0.3) is 0 Å². The highest BCUT2D eigenvalue weighted by Gasteiger charge is 2.11. The van der Waals surface area contributed by atoms with E-state index in [0.29, 0.717) is 32.9 Å². The van der Waals surface area contributed by atoms with E-state index in [2.05, 4.69) is 10.6 Å². The second kappa shape index (κ2) is 20.4. The van der Waals surface area contributed by atoms with Crippen LogP contribution in [0, 0.1) is 0 Å². The smallest absolute Gasteiger partial charge is 0.234 e. The number of hydrogen-bond acceptors (Lipinski definition) is 6. The Morgan fingerprint density at radius 3 is 2.19 bits per heavy atom. The number of nitrogens with one attached hydrogen (secondary N) is 2. The highest BCUT2D eigenvalue weighted by atomic mass is 16.5. The molecule has 0 aliphatic rings. The summed E-state index contributed by atoms with van der Waals surface area (Å²) in [6.45, 7) is 4.81. The van der Waals surface area contributed by atoms with Gasteiger partial charge in [0.2, 0.25) is 5.91 Å². The van der Waals surface area contributed by atoms with Gasteiger partial charge in [0.15, 0.2) is 0 Å². The molecule has 1 rings (SSSR count). The zero-order valence-electron chi connectivity index (χ0n) is 19.4. The average molecular weight is 439 g/mol. The molecule has 7 nitrogen and oxygen atoms in total. The normalized spacial score (nSPS) is 12.1. The van der Waals surface area contributed by atoms with Crippen molar-refractivity contribution < 1.29 is 23.7 Å². The quantitative estimate of drug-likeness (QED) is 0.287. The summed E-state index contributed by atoms with van der Waals surface area (Å²) in [5.74, 6) is -0.0378. The SMILES string of the molecule is COCCCCCOCC(CNC(=O)CNCc1ccccc1)OCCCCCOC.